The van der Waals surface area contributed by atoms with Gasteiger partial charge in [0.25, 0.3) is 5.82 Å². The summed E-state index contributed by atoms with van der Waals surface area (Å²) < 4.78 is 5.01. The second-order valence-electron chi connectivity index (χ2n) is 14.2. The zero-order valence-corrected chi connectivity index (χ0v) is 28.4. The maximum Gasteiger partial charge on any atom is 0.295 e. The van der Waals surface area contributed by atoms with Crippen molar-refractivity contribution in [2.45, 2.75) is 72.6 Å². The van der Waals surface area contributed by atoms with Crippen LogP contribution < -0.4 is 4.57 Å². The first-order chi connectivity index (χ1) is 21.5. The fourth-order valence-electron chi connectivity index (χ4n) is 6.65. The summed E-state index contributed by atoms with van der Waals surface area (Å²) in [5.41, 5.74) is 15.5. The zero-order chi connectivity index (χ0) is 32.0. The second-order valence-corrected chi connectivity index (χ2v) is 14.2. The van der Waals surface area contributed by atoms with Crippen LogP contribution in [0.4, 0.5) is 0 Å². The van der Waals surface area contributed by atoms with E-state index in [2.05, 4.69) is 181 Å². The van der Waals surface area contributed by atoms with Gasteiger partial charge in [0.1, 0.15) is 5.69 Å². The molecule has 0 saturated carbocycles. The molecule has 0 saturated heterocycles. The lowest BCUT2D eigenvalue weighted by Gasteiger charge is -2.22. The lowest BCUT2D eigenvalue weighted by Crippen LogP contribution is -2.31. The average molecular weight is 592 g/mol. The van der Waals surface area contributed by atoms with Crippen molar-refractivity contribution < 1.29 is 4.57 Å². The van der Waals surface area contributed by atoms with Crippen LogP contribution in [0.5, 0.6) is 0 Å². The Morgan fingerprint density at radius 3 is 1.69 bits per heavy atom. The Kier molecular flexibility index (Phi) is 8.04. The predicted octanol–water partition coefficient (Wildman–Crippen LogP) is 11.3. The summed E-state index contributed by atoms with van der Waals surface area (Å²) in [6.45, 7) is 18.5. The number of nitrogens with zero attached hydrogens (tertiary/aromatic N) is 2. The molecule has 1 heterocycles. The number of fused-ring (bicyclic) bond motifs is 1. The van der Waals surface area contributed by atoms with Crippen molar-refractivity contribution in [1.29, 1.82) is 0 Å². The molecule has 0 bridgehead atoms. The van der Waals surface area contributed by atoms with Crippen LogP contribution in [0.2, 0.25) is 0 Å². The monoisotopic (exact) mass is 591 g/mol. The maximum absolute atomic E-state index is 2.59. The highest BCUT2D eigenvalue weighted by Gasteiger charge is 2.33. The van der Waals surface area contributed by atoms with Crippen molar-refractivity contribution in [1.82, 2.24) is 4.57 Å². The molecule has 0 aliphatic carbocycles. The van der Waals surface area contributed by atoms with Crippen LogP contribution >= 0.6 is 0 Å². The van der Waals surface area contributed by atoms with E-state index in [9.17, 15) is 0 Å². The van der Waals surface area contributed by atoms with Gasteiger partial charge < -0.3 is 0 Å². The van der Waals surface area contributed by atoms with Crippen LogP contribution in [0.1, 0.15) is 82.6 Å². The van der Waals surface area contributed by atoms with E-state index >= 15 is 0 Å². The van der Waals surface area contributed by atoms with Gasteiger partial charge in [-0.2, -0.15) is 4.57 Å². The molecule has 0 N–H and O–H groups in total. The van der Waals surface area contributed by atoms with Crippen molar-refractivity contribution in [3.05, 3.63) is 131 Å². The molecule has 0 unspecified atom stereocenters. The molecule has 5 aromatic carbocycles. The van der Waals surface area contributed by atoms with E-state index in [0.29, 0.717) is 11.8 Å². The summed E-state index contributed by atoms with van der Waals surface area (Å²) in [5.74, 6) is 1.88. The Balaban J connectivity index is 1.78. The van der Waals surface area contributed by atoms with E-state index in [-0.39, 0.29) is 5.41 Å². The standard InChI is InChI=1S/C43H47N2/c1-28(2)36-24-34(32-18-14-11-15-19-32)25-37(29(3)4)41(36)45-40-26-33(31-16-12-10-13-17-31)21-23-39(40)44(9)42(45)38-27-35(43(6,7)8)22-20-30(38)5/h10-29H,1-9H3/q+1. The molecule has 0 aliphatic heterocycles. The molecule has 228 valence electrons. The van der Waals surface area contributed by atoms with Crippen molar-refractivity contribution in [2.24, 2.45) is 7.05 Å². The highest BCUT2D eigenvalue weighted by Crippen LogP contribution is 2.41. The number of hydrogen-bond donors (Lipinski definition) is 0. The number of aromatic nitrogens is 2. The van der Waals surface area contributed by atoms with Crippen LogP contribution in [-0.4, -0.2) is 4.57 Å². The topological polar surface area (TPSA) is 8.81 Å². The number of rotatable bonds is 6. The Morgan fingerprint density at radius 2 is 1.16 bits per heavy atom. The summed E-state index contributed by atoms with van der Waals surface area (Å²) in [5, 5.41) is 0. The molecule has 0 aliphatic rings. The summed E-state index contributed by atoms with van der Waals surface area (Å²) in [4.78, 5) is 0. The third-order valence-corrected chi connectivity index (χ3v) is 9.30. The maximum atomic E-state index is 2.59. The van der Waals surface area contributed by atoms with Gasteiger partial charge in [-0.1, -0.05) is 121 Å². The number of hydrogen-bond acceptors (Lipinski definition) is 0. The molecular weight excluding hydrogens is 544 g/mol. The first kappa shape index (κ1) is 30.6. The van der Waals surface area contributed by atoms with Gasteiger partial charge in [0.05, 0.1) is 12.6 Å². The van der Waals surface area contributed by atoms with Crippen LogP contribution in [0.25, 0.3) is 50.4 Å². The van der Waals surface area contributed by atoms with Gasteiger partial charge in [-0.3, -0.25) is 0 Å². The smallest absolute Gasteiger partial charge is 0.225 e. The Bertz CT molecular complexity index is 1960. The summed E-state index contributed by atoms with van der Waals surface area (Å²) in [7, 11) is 2.24. The predicted molar refractivity (Wildman–Crippen MR) is 192 cm³/mol. The quantitative estimate of drug-likeness (QED) is 0.170. The van der Waals surface area contributed by atoms with Crippen LogP contribution in [0.15, 0.2) is 109 Å². The Hall–Kier alpha value is -4.43. The van der Waals surface area contributed by atoms with Gasteiger partial charge in [0.15, 0.2) is 11.0 Å². The van der Waals surface area contributed by atoms with Crippen LogP contribution in [0.3, 0.4) is 0 Å². The molecule has 0 atom stereocenters. The number of benzene rings is 5. The van der Waals surface area contributed by atoms with Gasteiger partial charge in [-0.15, -0.1) is 0 Å². The molecule has 6 aromatic rings. The van der Waals surface area contributed by atoms with Gasteiger partial charge in [-0.05, 0) is 94.0 Å². The number of imidazole rings is 1. The molecular formula is C43H47N2+. The third-order valence-electron chi connectivity index (χ3n) is 9.30. The molecule has 2 heteroatoms. The largest absolute Gasteiger partial charge is 0.295 e. The Labute approximate surface area is 270 Å². The summed E-state index contributed by atoms with van der Waals surface area (Å²) in [6.07, 6.45) is 0. The first-order valence-corrected chi connectivity index (χ1v) is 16.4. The van der Waals surface area contributed by atoms with Gasteiger partial charge >= 0.3 is 0 Å². The molecule has 0 fully saturated rings. The van der Waals surface area contributed by atoms with Crippen LogP contribution in [0, 0.1) is 6.92 Å². The average Bonchev–Trinajstić information content (AvgIpc) is 3.31. The van der Waals surface area contributed by atoms with E-state index in [4.69, 9.17) is 0 Å². The zero-order valence-electron chi connectivity index (χ0n) is 28.4. The van der Waals surface area contributed by atoms with Crippen molar-refractivity contribution in [2.75, 3.05) is 0 Å². The minimum atomic E-state index is 0.0435. The van der Waals surface area contributed by atoms with Gasteiger partial charge in [-0.25, -0.2) is 4.57 Å². The van der Waals surface area contributed by atoms with Crippen LogP contribution in [-0.2, 0) is 12.5 Å². The minimum Gasteiger partial charge on any atom is -0.225 e. The van der Waals surface area contributed by atoms with E-state index in [1.165, 1.54) is 72.6 Å². The fraction of sp³-hybridized carbons (Fsp3) is 0.279. The molecule has 0 radical (unpaired) electrons. The highest BCUT2D eigenvalue weighted by molar-refractivity contribution is 5.86. The van der Waals surface area contributed by atoms with E-state index in [0.717, 1.165) is 0 Å². The Morgan fingerprint density at radius 1 is 0.600 bits per heavy atom. The lowest BCUT2D eigenvalue weighted by molar-refractivity contribution is -0.633. The number of aryl methyl sites for hydroxylation is 2. The lowest BCUT2D eigenvalue weighted by atomic mass is 9.85. The third kappa shape index (κ3) is 5.63. The molecule has 6 rings (SSSR count). The molecule has 2 nitrogen and oxygen atoms in total. The van der Waals surface area contributed by atoms with Gasteiger partial charge in [0.2, 0.25) is 0 Å². The molecule has 45 heavy (non-hydrogen) atoms. The highest BCUT2D eigenvalue weighted by atomic mass is 15.2. The molecule has 0 spiro atoms. The first-order valence-electron chi connectivity index (χ1n) is 16.4. The SMILES string of the molecule is Cc1ccc(C(C)(C)C)cc1-c1n(-c2c(C(C)C)cc(-c3ccccc3)cc2C(C)C)c2cc(-c3ccccc3)ccc2[n+]1C. The van der Waals surface area contributed by atoms with Gasteiger partial charge in [0, 0.05) is 11.1 Å². The van der Waals surface area contributed by atoms with E-state index < -0.39 is 0 Å². The molecule has 0 amide bonds. The minimum absolute atomic E-state index is 0.0435. The van der Waals surface area contributed by atoms with E-state index in [1.807, 2.05) is 0 Å². The summed E-state index contributed by atoms with van der Waals surface area (Å²) in [6, 6.07) is 40.5. The van der Waals surface area contributed by atoms with Crippen molar-refractivity contribution >= 4 is 11.0 Å². The van der Waals surface area contributed by atoms with Crippen molar-refractivity contribution in [3.8, 4) is 39.3 Å². The van der Waals surface area contributed by atoms with Crippen molar-refractivity contribution in [3.63, 3.8) is 0 Å². The normalized spacial score (nSPS) is 12.1. The van der Waals surface area contributed by atoms with E-state index in [1.54, 1.807) is 0 Å². The molecule has 1 aromatic heterocycles. The summed E-state index contributed by atoms with van der Waals surface area (Å²) >= 11 is 0. The second kappa shape index (κ2) is 11.8. The fourth-order valence-corrected chi connectivity index (χ4v) is 6.65.